The molecule has 0 heterocycles. The van der Waals surface area contributed by atoms with Crippen molar-refractivity contribution in [2.45, 2.75) is 38.0 Å². The fraction of sp³-hybridized carbons (Fsp3) is 0.217. The maximum absolute atomic E-state index is 10.2. The van der Waals surface area contributed by atoms with Crippen LogP contribution in [-0.2, 0) is 5.41 Å². The van der Waals surface area contributed by atoms with Gasteiger partial charge in [-0.3, -0.25) is 0 Å². The zero-order valence-corrected chi connectivity index (χ0v) is 16.8. The molecule has 0 amide bonds. The van der Waals surface area contributed by atoms with Crippen molar-refractivity contribution in [1.29, 1.82) is 0 Å². The van der Waals surface area contributed by atoms with Gasteiger partial charge in [0.2, 0.25) is 0 Å². The molecular weight excluding hydrogens is 356 g/mol. The predicted molar refractivity (Wildman–Crippen MR) is 111 cm³/mol. The highest BCUT2D eigenvalue weighted by Crippen LogP contribution is 2.43. The Morgan fingerprint density at radius 3 is 1.52 bits per heavy atom. The lowest BCUT2D eigenvalue weighted by Gasteiger charge is -2.33. The molecule has 0 bridgehead atoms. The lowest BCUT2D eigenvalue weighted by molar-refractivity contribution is 0.457. The number of hydrogen-bond acceptors (Lipinski definition) is 4. The number of benzene rings is 3. The van der Waals surface area contributed by atoms with E-state index in [-0.39, 0.29) is 17.2 Å². The molecule has 0 aromatic heterocycles. The van der Waals surface area contributed by atoms with Gasteiger partial charge < -0.3 is 15.3 Å². The van der Waals surface area contributed by atoms with E-state index in [4.69, 9.17) is 0 Å². The van der Waals surface area contributed by atoms with Gasteiger partial charge in [-0.1, -0.05) is 30.3 Å². The van der Waals surface area contributed by atoms with Gasteiger partial charge in [-0.05, 0) is 79.3 Å². The van der Waals surface area contributed by atoms with Crippen LogP contribution in [0.4, 0.5) is 0 Å². The smallest absolute Gasteiger partial charge is 0.131 e. The van der Waals surface area contributed by atoms with Crippen molar-refractivity contribution >= 4 is 12.6 Å². The number of phenols is 3. The Bertz CT molecular complexity index is 950. The number of aryl methyl sites for hydroxylation is 3. The monoisotopic (exact) mass is 380 g/mol. The van der Waals surface area contributed by atoms with E-state index in [1.807, 2.05) is 57.2 Å². The second-order valence-corrected chi connectivity index (χ2v) is 7.77. The molecule has 0 radical (unpaired) electrons. The zero-order valence-electron chi connectivity index (χ0n) is 15.9. The second-order valence-electron chi connectivity index (χ2n) is 7.29. The Balaban J connectivity index is 2.35. The van der Waals surface area contributed by atoms with E-state index in [2.05, 4.69) is 19.6 Å². The van der Waals surface area contributed by atoms with Crippen molar-refractivity contribution in [3.8, 4) is 17.2 Å². The topological polar surface area (TPSA) is 60.7 Å². The van der Waals surface area contributed by atoms with Crippen LogP contribution in [0.15, 0.2) is 53.4 Å². The van der Waals surface area contributed by atoms with Crippen LogP contribution in [0.25, 0.3) is 0 Å². The highest BCUT2D eigenvalue weighted by Gasteiger charge is 2.33. The van der Waals surface area contributed by atoms with Gasteiger partial charge in [0.25, 0.3) is 0 Å². The first-order valence-corrected chi connectivity index (χ1v) is 9.22. The van der Waals surface area contributed by atoms with Crippen LogP contribution in [0.5, 0.6) is 17.2 Å². The van der Waals surface area contributed by atoms with E-state index >= 15 is 0 Å². The van der Waals surface area contributed by atoms with E-state index in [9.17, 15) is 15.3 Å². The minimum Gasteiger partial charge on any atom is -0.508 e. The molecule has 3 rings (SSSR count). The number of rotatable bonds is 3. The van der Waals surface area contributed by atoms with Gasteiger partial charge in [-0.25, -0.2) is 0 Å². The van der Waals surface area contributed by atoms with Crippen LogP contribution in [-0.4, -0.2) is 15.3 Å². The van der Waals surface area contributed by atoms with E-state index in [0.717, 1.165) is 33.4 Å². The molecular formula is C23H24O3S. The molecule has 4 heteroatoms. The summed E-state index contributed by atoms with van der Waals surface area (Å²) in [5.74, 6) is 0.674. The van der Waals surface area contributed by atoms with E-state index in [1.54, 1.807) is 12.1 Å². The maximum atomic E-state index is 10.2. The number of thiol groups is 1. The summed E-state index contributed by atoms with van der Waals surface area (Å²) >= 11 is 4.44. The zero-order chi connectivity index (χ0) is 19.9. The summed E-state index contributed by atoms with van der Waals surface area (Å²) in [6.07, 6.45) is 0. The fourth-order valence-electron chi connectivity index (χ4n) is 3.48. The van der Waals surface area contributed by atoms with Crippen molar-refractivity contribution < 1.29 is 15.3 Å². The molecule has 3 nitrogen and oxygen atoms in total. The Kier molecular flexibility index (Phi) is 4.87. The number of phenolic OH excluding ortho intramolecular Hbond substituents is 3. The lowest BCUT2D eigenvalue weighted by Crippen LogP contribution is -2.26. The molecule has 0 saturated heterocycles. The molecule has 3 aromatic carbocycles. The minimum atomic E-state index is -0.563. The first-order chi connectivity index (χ1) is 12.6. The average Bonchev–Trinajstić information content (AvgIpc) is 2.63. The van der Waals surface area contributed by atoms with E-state index in [1.165, 1.54) is 0 Å². The fourth-order valence-corrected chi connectivity index (χ4v) is 3.80. The summed E-state index contributed by atoms with van der Waals surface area (Å²) in [6, 6.07) is 15.0. The van der Waals surface area contributed by atoms with Crippen LogP contribution in [0.3, 0.4) is 0 Å². The Morgan fingerprint density at radius 2 is 1.11 bits per heavy atom. The van der Waals surface area contributed by atoms with Crippen molar-refractivity contribution in [3.63, 3.8) is 0 Å². The summed E-state index contributed by atoms with van der Waals surface area (Å²) in [6.45, 7) is 7.69. The molecule has 0 fully saturated rings. The Hall–Kier alpha value is -2.59. The van der Waals surface area contributed by atoms with Gasteiger partial charge >= 0.3 is 0 Å². The first kappa shape index (κ1) is 19.2. The largest absolute Gasteiger partial charge is 0.508 e. The Morgan fingerprint density at radius 1 is 0.667 bits per heavy atom. The van der Waals surface area contributed by atoms with Gasteiger partial charge in [-0.2, -0.15) is 0 Å². The summed E-state index contributed by atoms with van der Waals surface area (Å²) in [5, 5.41) is 30.1. The Labute approximate surface area is 165 Å². The highest BCUT2D eigenvalue weighted by molar-refractivity contribution is 7.80. The third kappa shape index (κ3) is 3.26. The van der Waals surface area contributed by atoms with Crippen LogP contribution < -0.4 is 0 Å². The quantitative estimate of drug-likeness (QED) is 0.365. The molecule has 3 N–H and O–H groups in total. The third-order valence-electron chi connectivity index (χ3n) is 5.41. The van der Waals surface area contributed by atoms with E-state index in [0.29, 0.717) is 4.90 Å². The normalized spacial score (nSPS) is 11.6. The highest BCUT2D eigenvalue weighted by atomic mass is 32.1. The first-order valence-electron chi connectivity index (χ1n) is 8.78. The van der Waals surface area contributed by atoms with Gasteiger partial charge in [0.1, 0.15) is 17.2 Å². The molecule has 0 spiro atoms. The van der Waals surface area contributed by atoms with Gasteiger partial charge in [0, 0.05) is 10.3 Å². The lowest BCUT2D eigenvalue weighted by atomic mass is 9.70. The summed E-state index contributed by atoms with van der Waals surface area (Å²) in [5.41, 5.74) is 4.73. The van der Waals surface area contributed by atoms with Crippen molar-refractivity contribution in [3.05, 3.63) is 81.9 Å². The molecule has 27 heavy (non-hydrogen) atoms. The molecule has 0 atom stereocenters. The molecule has 0 aliphatic heterocycles. The van der Waals surface area contributed by atoms with Crippen LogP contribution in [0, 0.1) is 20.8 Å². The SMILES string of the molecule is Cc1cc(C(C)(c2ccc(O)c(C)c2)c2cc(C)c(O)c(S)c2)ccc1O. The average molecular weight is 381 g/mol. The minimum absolute atomic E-state index is 0.174. The molecule has 0 unspecified atom stereocenters. The number of hydrogen-bond donors (Lipinski definition) is 4. The van der Waals surface area contributed by atoms with Crippen LogP contribution in [0.2, 0.25) is 0 Å². The molecule has 0 aliphatic carbocycles. The number of aromatic hydroxyl groups is 3. The van der Waals surface area contributed by atoms with Gasteiger partial charge in [0.15, 0.2) is 0 Å². The van der Waals surface area contributed by atoms with Crippen molar-refractivity contribution in [1.82, 2.24) is 0 Å². The predicted octanol–water partition coefficient (Wildman–Crippen LogP) is 5.37. The summed E-state index contributed by atoms with van der Waals surface area (Å²) in [7, 11) is 0. The van der Waals surface area contributed by atoms with Crippen LogP contribution in [0.1, 0.15) is 40.3 Å². The van der Waals surface area contributed by atoms with E-state index < -0.39 is 5.41 Å². The summed E-state index contributed by atoms with van der Waals surface area (Å²) < 4.78 is 0. The molecule has 140 valence electrons. The standard InChI is InChI=1S/C23H24O3S/c1-13-9-16(5-7-19(13)24)23(4,17-6-8-20(25)14(2)10-17)18-11-15(3)22(26)21(27)12-18/h5-12,24-27H,1-4H3. The van der Waals surface area contributed by atoms with Crippen molar-refractivity contribution in [2.75, 3.05) is 0 Å². The van der Waals surface area contributed by atoms with Crippen molar-refractivity contribution in [2.24, 2.45) is 0 Å². The molecule has 0 saturated carbocycles. The third-order valence-corrected chi connectivity index (χ3v) is 5.75. The van der Waals surface area contributed by atoms with Gasteiger partial charge in [-0.15, -0.1) is 12.6 Å². The molecule has 0 aliphatic rings. The summed E-state index contributed by atoms with van der Waals surface area (Å²) in [4.78, 5) is 0.516. The second kappa shape index (κ2) is 6.86. The molecule has 3 aromatic rings. The van der Waals surface area contributed by atoms with Gasteiger partial charge in [0.05, 0.1) is 0 Å². The van der Waals surface area contributed by atoms with Crippen LogP contribution >= 0.6 is 12.6 Å². The maximum Gasteiger partial charge on any atom is 0.131 e.